The van der Waals surface area contributed by atoms with Gasteiger partial charge in [0.05, 0.1) is 18.3 Å². The zero-order valence-corrected chi connectivity index (χ0v) is 15.6. The lowest BCUT2D eigenvalue weighted by Crippen LogP contribution is -2.35. The molecular weight excluding hydrogens is 412 g/mol. The number of nitrogens with zero attached hydrogens (tertiary/aromatic N) is 1. The van der Waals surface area contributed by atoms with Gasteiger partial charge in [0.2, 0.25) is 0 Å². The van der Waals surface area contributed by atoms with Gasteiger partial charge in [0.15, 0.2) is 0 Å². The van der Waals surface area contributed by atoms with Crippen LogP contribution in [0.15, 0.2) is 69.0 Å². The maximum Gasteiger partial charge on any atom is 0.259 e. The lowest BCUT2D eigenvalue weighted by molar-refractivity contribution is -0.120. The molecule has 0 radical (unpaired) electrons. The fourth-order valence-electron chi connectivity index (χ4n) is 2.37. The van der Waals surface area contributed by atoms with Gasteiger partial charge in [-0.2, -0.15) is 5.10 Å². The molecule has 0 aliphatic carbocycles. The largest absolute Gasteiger partial charge is 0.343 e. The number of hydrogen-bond acceptors (Lipinski definition) is 4. The fourth-order valence-corrected chi connectivity index (χ4v) is 2.77. The van der Waals surface area contributed by atoms with E-state index in [1.165, 1.54) is 6.21 Å². The Labute approximate surface area is 162 Å². The summed E-state index contributed by atoms with van der Waals surface area (Å²) in [5, 5.41) is 7.12. The second-order valence-electron chi connectivity index (χ2n) is 5.63. The molecule has 0 saturated carbocycles. The summed E-state index contributed by atoms with van der Waals surface area (Å²) < 4.78 is 0.768. The van der Waals surface area contributed by atoms with Crippen molar-refractivity contribution in [2.45, 2.75) is 0 Å². The summed E-state index contributed by atoms with van der Waals surface area (Å²) >= 11 is 3.28. The average molecular weight is 427 g/mol. The van der Waals surface area contributed by atoms with Gasteiger partial charge >= 0.3 is 0 Å². The molecule has 2 amide bonds. The minimum absolute atomic E-state index is 0.239. The van der Waals surface area contributed by atoms with Crippen molar-refractivity contribution in [2.24, 2.45) is 5.10 Å². The van der Waals surface area contributed by atoms with E-state index in [1.807, 2.05) is 18.2 Å². The number of pyridine rings is 1. The van der Waals surface area contributed by atoms with E-state index >= 15 is 0 Å². The molecule has 0 atom stereocenters. The third-order valence-electron chi connectivity index (χ3n) is 3.67. The highest BCUT2D eigenvalue weighted by Crippen LogP contribution is 2.11. The fraction of sp³-hybridized carbons (Fsp3) is 0.0526. The van der Waals surface area contributed by atoms with Gasteiger partial charge in [-0.15, -0.1) is 0 Å². The third-order valence-corrected chi connectivity index (χ3v) is 4.16. The van der Waals surface area contributed by atoms with Gasteiger partial charge in [-0.3, -0.25) is 14.4 Å². The molecule has 0 unspecified atom stereocenters. The Kier molecular flexibility index (Phi) is 5.77. The lowest BCUT2D eigenvalue weighted by atomic mass is 10.2. The Morgan fingerprint density at radius 2 is 1.93 bits per heavy atom. The molecule has 2 aromatic carbocycles. The number of hydrogen-bond donors (Lipinski definition) is 3. The second kappa shape index (κ2) is 8.41. The SMILES string of the molecule is O=C(CNC(=O)c1cccc(Br)c1)NN=Cc1cc2ccccc2[nH]c1=O. The molecule has 136 valence electrons. The van der Waals surface area contributed by atoms with Gasteiger partial charge < -0.3 is 10.3 Å². The second-order valence-corrected chi connectivity index (χ2v) is 6.54. The lowest BCUT2D eigenvalue weighted by Gasteiger charge is -2.04. The third kappa shape index (κ3) is 4.89. The number of hydrazone groups is 1. The Hall–Kier alpha value is -3.26. The summed E-state index contributed by atoms with van der Waals surface area (Å²) in [7, 11) is 0. The van der Waals surface area contributed by atoms with Gasteiger partial charge in [0, 0.05) is 15.6 Å². The van der Waals surface area contributed by atoms with Crippen molar-refractivity contribution in [3.05, 3.63) is 80.6 Å². The number of fused-ring (bicyclic) bond motifs is 1. The number of aromatic amines is 1. The molecule has 7 nitrogen and oxygen atoms in total. The minimum Gasteiger partial charge on any atom is -0.343 e. The van der Waals surface area contributed by atoms with Gasteiger partial charge in [0.1, 0.15) is 0 Å². The van der Waals surface area contributed by atoms with E-state index in [4.69, 9.17) is 0 Å². The van der Waals surface area contributed by atoms with E-state index in [0.717, 1.165) is 15.4 Å². The Balaban J connectivity index is 1.57. The summed E-state index contributed by atoms with van der Waals surface area (Å²) in [6.45, 7) is -0.239. The van der Waals surface area contributed by atoms with Crippen LogP contribution < -0.4 is 16.3 Å². The van der Waals surface area contributed by atoms with E-state index < -0.39 is 5.91 Å². The zero-order valence-electron chi connectivity index (χ0n) is 14.0. The summed E-state index contributed by atoms with van der Waals surface area (Å²) in [5.74, 6) is -0.881. The highest BCUT2D eigenvalue weighted by molar-refractivity contribution is 9.10. The van der Waals surface area contributed by atoms with Crippen LogP contribution in [0.2, 0.25) is 0 Å². The standard InChI is InChI=1S/C19H15BrN4O3/c20-15-6-3-5-13(9-15)18(26)21-11-17(25)24-22-10-14-8-12-4-1-2-7-16(12)23-19(14)27/h1-10H,11H2,(H,21,26)(H,23,27)(H,24,25). The number of para-hydroxylation sites is 1. The number of carbonyl (C=O) groups is 2. The summed E-state index contributed by atoms with van der Waals surface area (Å²) in [6, 6.07) is 15.8. The number of H-pyrrole nitrogens is 1. The first-order valence-corrected chi connectivity index (χ1v) is 8.80. The summed E-state index contributed by atoms with van der Waals surface area (Å²) in [4.78, 5) is 38.5. The molecule has 0 aliphatic rings. The molecule has 3 N–H and O–H groups in total. The van der Waals surface area contributed by atoms with Crippen LogP contribution in [0, 0.1) is 0 Å². The first-order valence-electron chi connectivity index (χ1n) is 8.01. The number of nitrogens with one attached hydrogen (secondary N) is 3. The highest BCUT2D eigenvalue weighted by Gasteiger charge is 2.08. The van der Waals surface area contributed by atoms with Crippen LogP contribution in [0.25, 0.3) is 10.9 Å². The Bertz CT molecular complexity index is 1090. The number of halogens is 1. The summed E-state index contributed by atoms with van der Waals surface area (Å²) in [6.07, 6.45) is 1.26. The number of amides is 2. The monoisotopic (exact) mass is 426 g/mol. The van der Waals surface area contributed by atoms with Crippen molar-refractivity contribution in [1.29, 1.82) is 0 Å². The van der Waals surface area contributed by atoms with Crippen molar-refractivity contribution in [3.63, 3.8) is 0 Å². The van der Waals surface area contributed by atoms with Gasteiger partial charge in [0.25, 0.3) is 17.4 Å². The van der Waals surface area contributed by atoms with E-state index in [0.29, 0.717) is 11.1 Å². The molecule has 1 aromatic heterocycles. The van der Waals surface area contributed by atoms with Crippen molar-refractivity contribution >= 4 is 44.9 Å². The number of aromatic nitrogens is 1. The Morgan fingerprint density at radius 1 is 1.11 bits per heavy atom. The van der Waals surface area contributed by atoms with Crippen molar-refractivity contribution in [1.82, 2.24) is 15.7 Å². The van der Waals surface area contributed by atoms with Crippen LogP contribution in [-0.4, -0.2) is 29.6 Å². The minimum atomic E-state index is -0.508. The molecule has 8 heteroatoms. The molecule has 0 fully saturated rings. The predicted octanol–water partition coefficient (Wildman–Crippen LogP) is 2.17. The first kappa shape index (κ1) is 18.5. The zero-order chi connectivity index (χ0) is 19.2. The van der Waals surface area contributed by atoms with Crippen molar-refractivity contribution in [2.75, 3.05) is 6.54 Å². The van der Waals surface area contributed by atoms with E-state index in [9.17, 15) is 14.4 Å². The molecule has 0 spiro atoms. The number of rotatable bonds is 5. The molecule has 0 saturated heterocycles. The van der Waals surface area contributed by atoms with E-state index in [-0.39, 0.29) is 18.0 Å². The topological polar surface area (TPSA) is 103 Å². The van der Waals surface area contributed by atoms with Gasteiger partial charge in [-0.1, -0.05) is 40.2 Å². The van der Waals surface area contributed by atoms with Crippen molar-refractivity contribution in [3.8, 4) is 0 Å². The molecular formula is C19H15BrN4O3. The number of benzene rings is 2. The van der Waals surface area contributed by atoms with Crippen molar-refractivity contribution < 1.29 is 9.59 Å². The van der Waals surface area contributed by atoms with Crippen LogP contribution in [0.3, 0.4) is 0 Å². The van der Waals surface area contributed by atoms with E-state index in [2.05, 4.69) is 36.8 Å². The molecule has 3 aromatic rings. The maximum atomic E-state index is 12.0. The average Bonchev–Trinajstić information content (AvgIpc) is 2.66. The molecule has 3 rings (SSSR count). The Morgan fingerprint density at radius 3 is 2.74 bits per heavy atom. The molecule has 0 bridgehead atoms. The predicted molar refractivity (Wildman–Crippen MR) is 107 cm³/mol. The number of carbonyl (C=O) groups excluding carboxylic acids is 2. The van der Waals surface area contributed by atoms with Crippen LogP contribution in [0.5, 0.6) is 0 Å². The van der Waals surface area contributed by atoms with E-state index in [1.54, 1.807) is 36.4 Å². The first-order chi connectivity index (χ1) is 13.0. The van der Waals surface area contributed by atoms with Crippen LogP contribution >= 0.6 is 15.9 Å². The van der Waals surface area contributed by atoms with Crippen LogP contribution in [-0.2, 0) is 4.79 Å². The normalized spacial score (nSPS) is 10.9. The molecule has 27 heavy (non-hydrogen) atoms. The molecule has 0 aliphatic heterocycles. The van der Waals surface area contributed by atoms with Gasteiger partial charge in [-0.25, -0.2) is 5.43 Å². The quantitative estimate of drug-likeness (QED) is 0.430. The summed E-state index contributed by atoms with van der Waals surface area (Å²) in [5.41, 5.74) is 3.44. The van der Waals surface area contributed by atoms with Gasteiger partial charge in [-0.05, 0) is 35.7 Å². The smallest absolute Gasteiger partial charge is 0.259 e. The van der Waals surface area contributed by atoms with Crippen LogP contribution in [0.1, 0.15) is 15.9 Å². The maximum absolute atomic E-state index is 12.0. The molecule has 1 heterocycles. The highest BCUT2D eigenvalue weighted by atomic mass is 79.9. The van der Waals surface area contributed by atoms with Crippen LogP contribution in [0.4, 0.5) is 0 Å².